The summed E-state index contributed by atoms with van der Waals surface area (Å²) in [4.78, 5) is 17.4. The maximum Gasteiger partial charge on any atom is 0.255 e. The largest absolute Gasteiger partial charge is 0.328 e. The summed E-state index contributed by atoms with van der Waals surface area (Å²) in [5.41, 5.74) is 2.29. The molecule has 1 atom stereocenters. The molecule has 30 heavy (non-hydrogen) atoms. The third-order valence-corrected chi connectivity index (χ3v) is 5.70. The Morgan fingerprint density at radius 3 is 2.63 bits per heavy atom. The van der Waals surface area contributed by atoms with Gasteiger partial charge in [0.1, 0.15) is 12.4 Å². The maximum absolute atomic E-state index is 13.2. The fraction of sp³-hybridized carbons (Fsp3) is 0.222. The van der Waals surface area contributed by atoms with Crippen molar-refractivity contribution in [2.75, 3.05) is 10.6 Å². The molecule has 3 heterocycles. The number of amides is 1. The molecule has 4 N–H and O–H groups in total. The van der Waals surface area contributed by atoms with E-state index in [-0.39, 0.29) is 10.8 Å². The number of nitrogens with one attached hydrogen (secondary N) is 2. The number of primary sulfonamides is 1. The lowest BCUT2D eigenvalue weighted by Gasteiger charge is -2.27. The van der Waals surface area contributed by atoms with E-state index >= 15 is 0 Å². The maximum atomic E-state index is 13.2. The first-order valence-electron chi connectivity index (χ1n) is 9.11. The van der Waals surface area contributed by atoms with Crippen molar-refractivity contribution in [1.82, 2.24) is 24.5 Å². The van der Waals surface area contributed by atoms with Gasteiger partial charge in [-0.05, 0) is 38.1 Å². The molecule has 3 aromatic rings. The first kappa shape index (κ1) is 19.8. The molecule has 1 aliphatic heterocycles. The predicted octanol–water partition coefficient (Wildman–Crippen LogP) is 1.07. The normalized spacial score (nSPS) is 16.2. The van der Waals surface area contributed by atoms with Crippen LogP contribution in [0.2, 0.25) is 0 Å². The summed E-state index contributed by atoms with van der Waals surface area (Å²) in [6.45, 7) is 4.45. The topological polar surface area (TPSA) is 150 Å². The van der Waals surface area contributed by atoms with E-state index in [4.69, 9.17) is 5.14 Å². The van der Waals surface area contributed by atoms with Crippen LogP contribution in [0, 0.1) is 0 Å². The van der Waals surface area contributed by atoms with Crippen molar-refractivity contribution in [2.45, 2.75) is 31.3 Å². The van der Waals surface area contributed by atoms with Gasteiger partial charge in [-0.25, -0.2) is 18.2 Å². The van der Waals surface area contributed by atoms with Gasteiger partial charge in [-0.15, -0.1) is 0 Å². The van der Waals surface area contributed by atoms with Crippen LogP contribution in [0.5, 0.6) is 0 Å². The van der Waals surface area contributed by atoms with E-state index in [2.05, 4.69) is 25.8 Å². The number of hydrogen-bond donors (Lipinski definition) is 3. The molecule has 0 saturated carbocycles. The Morgan fingerprint density at radius 1 is 1.27 bits per heavy atom. The molecule has 0 fully saturated rings. The van der Waals surface area contributed by atoms with Gasteiger partial charge in [0, 0.05) is 29.7 Å². The minimum atomic E-state index is -3.81. The molecule has 0 spiro atoms. The van der Waals surface area contributed by atoms with E-state index in [0.29, 0.717) is 29.5 Å². The molecular formula is C18H20N8O3S. The lowest BCUT2D eigenvalue weighted by molar-refractivity contribution is -0.113. The van der Waals surface area contributed by atoms with E-state index < -0.39 is 16.1 Å². The number of carbonyl (C=O) groups is 1. The zero-order valence-electron chi connectivity index (χ0n) is 16.3. The first-order valence-corrected chi connectivity index (χ1v) is 10.7. The molecule has 156 valence electrons. The molecule has 0 bridgehead atoms. The lowest BCUT2D eigenvalue weighted by Crippen LogP contribution is -2.31. The second-order valence-corrected chi connectivity index (χ2v) is 8.31. The summed E-state index contributed by atoms with van der Waals surface area (Å²) < 4.78 is 26.2. The molecule has 1 aliphatic rings. The highest BCUT2D eigenvalue weighted by Gasteiger charge is 2.34. The van der Waals surface area contributed by atoms with Gasteiger partial charge >= 0.3 is 0 Å². The summed E-state index contributed by atoms with van der Waals surface area (Å²) in [7, 11) is -3.81. The smallest absolute Gasteiger partial charge is 0.255 e. The molecule has 1 aromatic carbocycles. The van der Waals surface area contributed by atoms with Gasteiger partial charge in [0.05, 0.1) is 16.7 Å². The summed E-state index contributed by atoms with van der Waals surface area (Å²) in [6, 6.07) is 5.12. The molecule has 2 aromatic heterocycles. The van der Waals surface area contributed by atoms with E-state index in [1.807, 2.05) is 13.1 Å². The molecule has 0 aliphatic carbocycles. The van der Waals surface area contributed by atoms with Crippen LogP contribution in [0.25, 0.3) is 0 Å². The first-order chi connectivity index (χ1) is 14.3. The van der Waals surface area contributed by atoms with Crippen molar-refractivity contribution in [2.24, 2.45) is 5.14 Å². The number of hydrogen-bond acceptors (Lipinski definition) is 7. The second-order valence-electron chi connectivity index (χ2n) is 6.75. The monoisotopic (exact) mass is 428 g/mol. The highest BCUT2D eigenvalue weighted by molar-refractivity contribution is 7.89. The van der Waals surface area contributed by atoms with Gasteiger partial charge in [-0.3, -0.25) is 9.48 Å². The Hall–Kier alpha value is -3.51. The SMILES string of the molecule is CCn1cc([C@@H]2C(C(=O)Nc3ccc(S(N)(=O)=O)cc3)=C(C)Nc3ncnn32)cn1. The fourth-order valence-corrected chi connectivity index (χ4v) is 3.83. The number of aryl methyl sites for hydroxylation is 1. The Labute approximate surface area is 172 Å². The van der Waals surface area contributed by atoms with Gasteiger partial charge in [0.15, 0.2) is 0 Å². The molecule has 12 heteroatoms. The third kappa shape index (κ3) is 3.57. The standard InChI is InChI=1S/C18H20N8O3S/c1-3-25-9-12(8-21-25)16-15(11(2)23-18-20-10-22-26(16)18)17(27)24-13-4-6-14(7-5-13)30(19,28)29/h4-10,16H,3H2,1-2H3,(H,24,27)(H2,19,28,29)(H,20,22,23)/t16-/m1/s1. The average molecular weight is 428 g/mol. The molecule has 4 rings (SSSR count). The van der Waals surface area contributed by atoms with Crippen LogP contribution >= 0.6 is 0 Å². The zero-order valence-corrected chi connectivity index (χ0v) is 17.1. The number of fused-ring (bicyclic) bond motifs is 1. The Balaban J connectivity index is 1.68. The number of nitrogens with two attached hydrogens (primary N) is 1. The number of nitrogens with zero attached hydrogens (tertiary/aromatic N) is 5. The molecule has 1 amide bonds. The van der Waals surface area contributed by atoms with Gasteiger partial charge < -0.3 is 10.6 Å². The van der Waals surface area contributed by atoms with Crippen LogP contribution in [0.3, 0.4) is 0 Å². The number of rotatable bonds is 5. The van der Waals surface area contributed by atoms with Crippen molar-refractivity contribution in [1.29, 1.82) is 0 Å². The molecule has 0 unspecified atom stereocenters. The van der Waals surface area contributed by atoms with Gasteiger partial charge in [-0.2, -0.15) is 15.2 Å². The quantitative estimate of drug-likeness (QED) is 0.550. The number of allylic oxidation sites excluding steroid dienone is 1. The average Bonchev–Trinajstić information content (AvgIpc) is 3.35. The number of sulfonamides is 1. The van der Waals surface area contributed by atoms with Gasteiger partial charge in [0.25, 0.3) is 5.91 Å². The number of carbonyl (C=O) groups excluding carboxylic acids is 1. The molecule has 0 saturated heterocycles. The number of anilines is 2. The van der Waals surface area contributed by atoms with Crippen LogP contribution in [-0.2, 0) is 21.4 Å². The van der Waals surface area contributed by atoms with Crippen LogP contribution < -0.4 is 15.8 Å². The van der Waals surface area contributed by atoms with Crippen LogP contribution in [0.15, 0.2) is 59.2 Å². The van der Waals surface area contributed by atoms with Crippen LogP contribution in [0.4, 0.5) is 11.6 Å². The Bertz CT molecular complexity index is 1240. The van der Waals surface area contributed by atoms with Crippen LogP contribution in [-0.4, -0.2) is 38.9 Å². The molecular weight excluding hydrogens is 408 g/mol. The summed E-state index contributed by atoms with van der Waals surface area (Å²) in [6.07, 6.45) is 4.98. The highest BCUT2D eigenvalue weighted by Crippen LogP contribution is 2.35. The summed E-state index contributed by atoms with van der Waals surface area (Å²) >= 11 is 0. The third-order valence-electron chi connectivity index (χ3n) is 4.77. The van der Waals surface area contributed by atoms with E-state index in [1.165, 1.54) is 30.6 Å². The molecule has 0 radical (unpaired) electrons. The Kier molecular flexibility index (Phi) is 4.87. The van der Waals surface area contributed by atoms with Gasteiger partial charge in [-0.1, -0.05) is 0 Å². The highest BCUT2D eigenvalue weighted by atomic mass is 32.2. The van der Waals surface area contributed by atoms with Crippen molar-refractivity contribution < 1.29 is 13.2 Å². The number of benzene rings is 1. The van der Waals surface area contributed by atoms with Gasteiger partial charge in [0.2, 0.25) is 16.0 Å². The van der Waals surface area contributed by atoms with Crippen molar-refractivity contribution in [3.63, 3.8) is 0 Å². The van der Waals surface area contributed by atoms with E-state index in [9.17, 15) is 13.2 Å². The van der Waals surface area contributed by atoms with Crippen molar-refractivity contribution in [3.8, 4) is 0 Å². The fourth-order valence-electron chi connectivity index (χ4n) is 3.31. The van der Waals surface area contributed by atoms with Crippen LogP contribution in [0.1, 0.15) is 25.5 Å². The predicted molar refractivity (Wildman–Crippen MR) is 109 cm³/mol. The second kappa shape index (κ2) is 7.39. The number of aromatic nitrogens is 5. The summed E-state index contributed by atoms with van der Waals surface area (Å²) in [5, 5.41) is 19.6. The minimum Gasteiger partial charge on any atom is -0.328 e. The zero-order chi connectivity index (χ0) is 21.5. The Morgan fingerprint density at radius 2 is 2.00 bits per heavy atom. The minimum absolute atomic E-state index is 0.0349. The molecule has 11 nitrogen and oxygen atoms in total. The van der Waals surface area contributed by atoms with Crippen molar-refractivity contribution in [3.05, 3.63) is 59.8 Å². The van der Waals surface area contributed by atoms with E-state index in [1.54, 1.807) is 22.5 Å². The van der Waals surface area contributed by atoms with Crippen molar-refractivity contribution >= 4 is 27.6 Å². The summed E-state index contributed by atoms with van der Waals surface area (Å²) in [5.74, 6) is 0.162. The van der Waals surface area contributed by atoms with E-state index in [0.717, 1.165) is 5.56 Å². The lowest BCUT2D eigenvalue weighted by atomic mass is 9.97.